The van der Waals surface area contributed by atoms with E-state index in [1.807, 2.05) is 12.3 Å². The van der Waals surface area contributed by atoms with Gasteiger partial charge in [-0.15, -0.1) is 0 Å². The summed E-state index contributed by atoms with van der Waals surface area (Å²) in [6.45, 7) is 10.6. The minimum Gasteiger partial charge on any atom is -0.357 e. The van der Waals surface area contributed by atoms with Gasteiger partial charge in [-0.2, -0.15) is 0 Å². The van der Waals surface area contributed by atoms with E-state index in [0.29, 0.717) is 0 Å². The van der Waals surface area contributed by atoms with E-state index in [1.165, 1.54) is 32.4 Å². The van der Waals surface area contributed by atoms with Crippen molar-refractivity contribution in [1.29, 1.82) is 0 Å². The number of nitrogens with one attached hydrogen (secondary N) is 1. The van der Waals surface area contributed by atoms with Crippen LogP contribution in [0.25, 0.3) is 0 Å². The fraction of sp³-hybridized carbons (Fsp3) is 0.700. The van der Waals surface area contributed by atoms with E-state index >= 15 is 0 Å². The molecule has 142 valence electrons. The number of pyridine rings is 1. The summed E-state index contributed by atoms with van der Waals surface area (Å²) in [7, 11) is 0. The van der Waals surface area contributed by atoms with E-state index < -0.39 is 0 Å². The normalized spacial score (nSPS) is 25.0. The van der Waals surface area contributed by atoms with Gasteiger partial charge in [-0.3, -0.25) is 4.99 Å². The SMILES string of the molecule is CCNC(=NCC1CCN(C2CC2)C1)N1CCN(c2ccccn2)CC1. The van der Waals surface area contributed by atoms with Gasteiger partial charge in [-0.1, -0.05) is 6.07 Å². The average Bonchev–Trinajstić information content (AvgIpc) is 3.44. The first-order valence-electron chi connectivity index (χ1n) is 10.3. The Morgan fingerprint density at radius 3 is 2.69 bits per heavy atom. The average molecular weight is 357 g/mol. The van der Waals surface area contributed by atoms with E-state index in [-0.39, 0.29) is 0 Å². The van der Waals surface area contributed by atoms with Crippen LogP contribution in [0.4, 0.5) is 5.82 Å². The van der Waals surface area contributed by atoms with Crippen LogP contribution in [0.15, 0.2) is 29.4 Å². The Hall–Kier alpha value is -1.82. The summed E-state index contributed by atoms with van der Waals surface area (Å²) < 4.78 is 0. The third kappa shape index (κ3) is 4.29. The van der Waals surface area contributed by atoms with Gasteiger partial charge in [0, 0.05) is 58.1 Å². The second kappa shape index (κ2) is 8.25. The lowest BCUT2D eigenvalue weighted by molar-refractivity contribution is 0.315. The summed E-state index contributed by atoms with van der Waals surface area (Å²) in [4.78, 5) is 16.9. The smallest absolute Gasteiger partial charge is 0.194 e. The third-order valence-electron chi connectivity index (χ3n) is 5.77. The van der Waals surface area contributed by atoms with Crippen molar-refractivity contribution in [1.82, 2.24) is 20.1 Å². The molecule has 26 heavy (non-hydrogen) atoms. The van der Waals surface area contributed by atoms with Crippen molar-refractivity contribution < 1.29 is 0 Å². The Bertz CT molecular complexity index is 592. The van der Waals surface area contributed by atoms with Crippen molar-refractivity contribution in [3.63, 3.8) is 0 Å². The monoisotopic (exact) mass is 356 g/mol. The predicted molar refractivity (Wildman–Crippen MR) is 107 cm³/mol. The molecular formula is C20H32N6. The summed E-state index contributed by atoms with van der Waals surface area (Å²) in [6.07, 6.45) is 6.02. The lowest BCUT2D eigenvalue weighted by Gasteiger charge is -2.37. The highest BCUT2D eigenvalue weighted by Crippen LogP contribution is 2.31. The number of nitrogens with zero attached hydrogens (tertiary/aromatic N) is 5. The van der Waals surface area contributed by atoms with E-state index in [0.717, 1.165) is 63.0 Å². The molecule has 1 N–H and O–H groups in total. The Labute approximate surface area is 157 Å². The molecule has 0 aromatic carbocycles. The zero-order chi connectivity index (χ0) is 17.8. The molecule has 3 fully saturated rings. The highest BCUT2D eigenvalue weighted by molar-refractivity contribution is 5.80. The number of aromatic nitrogens is 1. The minimum atomic E-state index is 0.735. The molecule has 0 spiro atoms. The first kappa shape index (κ1) is 17.6. The largest absolute Gasteiger partial charge is 0.357 e. The van der Waals surface area contributed by atoms with Gasteiger partial charge in [0.25, 0.3) is 0 Å². The second-order valence-corrected chi connectivity index (χ2v) is 7.74. The standard InChI is InChI=1S/C20H32N6/c1-2-21-20(23-15-17-8-10-26(16-17)18-6-7-18)25-13-11-24(12-14-25)19-5-3-4-9-22-19/h3-5,9,17-18H,2,6-8,10-16H2,1H3,(H,21,23). The molecule has 0 amide bonds. The quantitative estimate of drug-likeness (QED) is 0.642. The number of likely N-dealkylation sites (tertiary alicyclic amines) is 1. The number of hydrogen-bond acceptors (Lipinski definition) is 4. The van der Waals surface area contributed by atoms with Gasteiger partial charge in [0.05, 0.1) is 0 Å². The number of rotatable bonds is 5. The van der Waals surface area contributed by atoms with Gasteiger partial charge in [0.15, 0.2) is 5.96 Å². The molecule has 1 saturated carbocycles. The molecule has 0 bridgehead atoms. The topological polar surface area (TPSA) is 47.0 Å². The maximum Gasteiger partial charge on any atom is 0.194 e. The summed E-state index contributed by atoms with van der Waals surface area (Å²) >= 11 is 0. The molecule has 3 heterocycles. The van der Waals surface area contributed by atoms with Crippen LogP contribution in [-0.2, 0) is 0 Å². The maximum atomic E-state index is 5.00. The van der Waals surface area contributed by atoms with Crippen molar-refractivity contribution >= 4 is 11.8 Å². The van der Waals surface area contributed by atoms with Crippen molar-refractivity contribution in [2.75, 3.05) is 57.3 Å². The second-order valence-electron chi connectivity index (χ2n) is 7.74. The van der Waals surface area contributed by atoms with Crippen LogP contribution in [0.1, 0.15) is 26.2 Å². The lowest BCUT2D eigenvalue weighted by atomic mass is 10.1. The number of anilines is 1. The molecule has 2 aliphatic heterocycles. The Morgan fingerprint density at radius 2 is 2.00 bits per heavy atom. The predicted octanol–water partition coefficient (Wildman–Crippen LogP) is 1.65. The van der Waals surface area contributed by atoms with Crippen LogP contribution in [0, 0.1) is 5.92 Å². The third-order valence-corrected chi connectivity index (χ3v) is 5.77. The first-order valence-corrected chi connectivity index (χ1v) is 10.3. The molecule has 0 radical (unpaired) electrons. The van der Waals surface area contributed by atoms with Crippen LogP contribution >= 0.6 is 0 Å². The molecular weight excluding hydrogens is 324 g/mol. The first-order chi connectivity index (χ1) is 12.8. The summed E-state index contributed by atoms with van der Waals surface area (Å²) in [5.74, 6) is 2.91. The van der Waals surface area contributed by atoms with Crippen LogP contribution in [0.2, 0.25) is 0 Å². The molecule has 3 aliphatic rings. The van der Waals surface area contributed by atoms with Crippen LogP contribution in [-0.4, -0.2) is 79.1 Å². The van der Waals surface area contributed by atoms with Crippen molar-refractivity contribution in [3.8, 4) is 0 Å². The number of piperazine rings is 1. The molecule has 1 aliphatic carbocycles. The fourth-order valence-electron chi connectivity index (χ4n) is 4.11. The van der Waals surface area contributed by atoms with E-state index in [2.05, 4.69) is 44.1 Å². The van der Waals surface area contributed by atoms with E-state index in [1.54, 1.807) is 0 Å². The summed E-state index contributed by atoms with van der Waals surface area (Å²) in [6, 6.07) is 7.04. The highest BCUT2D eigenvalue weighted by Gasteiger charge is 2.34. The molecule has 6 heteroatoms. The van der Waals surface area contributed by atoms with Gasteiger partial charge in [0.1, 0.15) is 5.82 Å². The molecule has 4 rings (SSSR count). The van der Waals surface area contributed by atoms with Crippen molar-refractivity contribution in [3.05, 3.63) is 24.4 Å². The lowest BCUT2D eigenvalue weighted by Crippen LogP contribution is -2.52. The summed E-state index contributed by atoms with van der Waals surface area (Å²) in [5, 5.41) is 3.51. The van der Waals surface area contributed by atoms with Crippen LogP contribution in [0.3, 0.4) is 0 Å². The number of hydrogen-bond donors (Lipinski definition) is 1. The van der Waals surface area contributed by atoms with Gasteiger partial charge in [-0.25, -0.2) is 4.98 Å². The van der Waals surface area contributed by atoms with Crippen LogP contribution in [0.5, 0.6) is 0 Å². The van der Waals surface area contributed by atoms with Crippen molar-refractivity contribution in [2.45, 2.75) is 32.2 Å². The van der Waals surface area contributed by atoms with E-state index in [4.69, 9.17) is 4.99 Å². The molecule has 1 unspecified atom stereocenters. The van der Waals surface area contributed by atoms with Gasteiger partial charge < -0.3 is 20.0 Å². The summed E-state index contributed by atoms with van der Waals surface area (Å²) in [5.41, 5.74) is 0. The fourth-order valence-corrected chi connectivity index (χ4v) is 4.11. The molecule has 2 saturated heterocycles. The molecule has 1 aromatic heterocycles. The molecule has 1 aromatic rings. The minimum absolute atomic E-state index is 0.735. The number of aliphatic imine (C=N–C) groups is 1. The number of guanidine groups is 1. The van der Waals surface area contributed by atoms with Crippen molar-refractivity contribution in [2.24, 2.45) is 10.9 Å². The Balaban J connectivity index is 1.30. The van der Waals surface area contributed by atoms with Gasteiger partial charge >= 0.3 is 0 Å². The zero-order valence-electron chi connectivity index (χ0n) is 16.0. The van der Waals surface area contributed by atoms with Crippen LogP contribution < -0.4 is 10.2 Å². The van der Waals surface area contributed by atoms with Gasteiger partial charge in [0.2, 0.25) is 0 Å². The zero-order valence-corrected chi connectivity index (χ0v) is 16.0. The Kier molecular flexibility index (Phi) is 5.58. The van der Waals surface area contributed by atoms with E-state index in [9.17, 15) is 0 Å². The Morgan fingerprint density at radius 1 is 1.15 bits per heavy atom. The maximum absolute atomic E-state index is 5.00. The molecule has 1 atom stereocenters. The van der Waals surface area contributed by atoms with Gasteiger partial charge in [-0.05, 0) is 50.8 Å². The highest BCUT2D eigenvalue weighted by atomic mass is 15.4. The molecule has 6 nitrogen and oxygen atoms in total.